The third kappa shape index (κ3) is 5.79. The van der Waals surface area contributed by atoms with Gasteiger partial charge >= 0.3 is 6.09 Å². The molecule has 1 aliphatic heterocycles. The van der Waals surface area contributed by atoms with Crippen LogP contribution >= 0.6 is 23.2 Å². The third-order valence-electron chi connectivity index (χ3n) is 4.43. The molecule has 1 atom stereocenters. The van der Waals surface area contributed by atoms with Gasteiger partial charge in [-0.1, -0.05) is 23.2 Å². The zero-order valence-corrected chi connectivity index (χ0v) is 18.5. The van der Waals surface area contributed by atoms with E-state index < -0.39 is 11.7 Å². The number of carbonyl (C=O) groups is 2. The van der Waals surface area contributed by atoms with Gasteiger partial charge < -0.3 is 15.0 Å². The lowest BCUT2D eigenvalue weighted by molar-refractivity contribution is -0.121. The number of hydrogen-bond donors (Lipinski definition) is 1. The number of carbonyl (C=O) groups excluding carboxylic acids is 2. The first-order chi connectivity index (χ1) is 14.1. The molecule has 1 N–H and O–H groups in total. The Labute approximate surface area is 185 Å². The summed E-state index contributed by atoms with van der Waals surface area (Å²) in [6.07, 6.45) is 5.36. The molecule has 0 radical (unpaired) electrons. The quantitative estimate of drug-likeness (QED) is 0.740. The van der Waals surface area contributed by atoms with E-state index >= 15 is 0 Å². The van der Waals surface area contributed by atoms with Crippen LogP contribution in [0.3, 0.4) is 0 Å². The van der Waals surface area contributed by atoms with Gasteiger partial charge in [0.1, 0.15) is 16.6 Å². The summed E-state index contributed by atoms with van der Waals surface area (Å²) in [6, 6.07) is 1.62. The first kappa shape index (κ1) is 22.2. The molecule has 0 aromatic carbocycles. The fourth-order valence-electron chi connectivity index (χ4n) is 3.09. The van der Waals surface area contributed by atoms with Crippen molar-refractivity contribution in [2.24, 2.45) is 5.92 Å². The van der Waals surface area contributed by atoms with Crippen molar-refractivity contribution in [3.05, 3.63) is 34.8 Å². The molecule has 0 bridgehead atoms. The maximum atomic E-state index is 12.8. The van der Waals surface area contributed by atoms with Crippen LogP contribution in [0.15, 0.2) is 24.7 Å². The zero-order chi connectivity index (χ0) is 21.9. The Kier molecular flexibility index (Phi) is 6.77. The highest BCUT2D eigenvalue weighted by Crippen LogP contribution is 2.29. The second-order valence-corrected chi connectivity index (χ2v) is 8.83. The van der Waals surface area contributed by atoms with Gasteiger partial charge in [0.25, 0.3) is 0 Å². The number of anilines is 1. The summed E-state index contributed by atoms with van der Waals surface area (Å²) in [7, 11) is 0. The van der Waals surface area contributed by atoms with Gasteiger partial charge in [0.2, 0.25) is 5.91 Å². The van der Waals surface area contributed by atoms with Crippen LogP contribution in [-0.2, 0) is 9.53 Å². The molecular formula is C20H23Cl2N5O3. The number of halogens is 2. The minimum Gasteiger partial charge on any atom is -0.444 e. The van der Waals surface area contributed by atoms with Crippen molar-refractivity contribution in [1.29, 1.82) is 0 Å². The van der Waals surface area contributed by atoms with Gasteiger partial charge in [-0.05, 0) is 39.7 Å². The molecule has 1 saturated heterocycles. The van der Waals surface area contributed by atoms with Gasteiger partial charge in [-0.25, -0.2) is 14.8 Å². The maximum Gasteiger partial charge on any atom is 0.410 e. The Balaban J connectivity index is 1.70. The minimum atomic E-state index is -0.584. The van der Waals surface area contributed by atoms with Crippen LogP contribution in [0, 0.1) is 5.92 Å². The van der Waals surface area contributed by atoms with Crippen LogP contribution in [0.2, 0.25) is 10.2 Å². The normalized spacial score (nSPS) is 16.8. The molecule has 10 heteroatoms. The van der Waals surface area contributed by atoms with Crippen molar-refractivity contribution < 1.29 is 14.3 Å². The first-order valence-electron chi connectivity index (χ1n) is 9.54. The number of rotatable bonds is 3. The van der Waals surface area contributed by atoms with E-state index in [4.69, 9.17) is 27.9 Å². The predicted octanol–water partition coefficient (Wildman–Crippen LogP) is 4.43. The van der Waals surface area contributed by atoms with Crippen molar-refractivity contribution in [2.45, 2.75) is 39.2 Å². The van der Waals surface area contributed by atoms with E-state index in [0.29, 0.717) is 48.0 Å². The summed E-state index contributed by atoms with van der Waals surface area (Å²) in [5.74, 6) is -0.255. The molecule has 0 spiro atoms. The molecular weight excluding hydrogens is 429 g/mol. The molecule has 0 aliphatic carbocycles. The van der Waals surface area contributed by atoms with Crippen molar-refractivity contribution in [1.82, 2.24) is 19.9 Å². The van der Waals surface area contributed by atoms with Crippen LogP contribution < -0.4 is 5.32 Å². The van der Waals surface area contributed by atoms with Crippen LogP contribution in [0.4, 0.5) is 10.6 Å². The van der Waals surface area contributed by atoms with Crippen molar-refractivity contribution >= 4 is 41.0 Å². The molecule has 3 rings (SSSR count). The van der Waals surface area contributed by atoms with E-state index in [2.05, 4.69) is 20.3 Å². The van der Waals surface area contributed by atoms with E-state index in [1.54, 1.807) is 11.0 Å². The van der Waals surface area contributed by atoms with Crippen molar-refractivity contribution in [2.75, 3.05) is 18.4 Å². The number of piperidine rings is 1. The smallest absolute Gasteiger partial charge is 0.410 e. The Morgan fingerprint density at radius 2 is 2.00 bits per heavy atom. The van der Waals surface area contributed by atoms with Crippen molar-refractivity contribution in [3.8, 4) is 11.3 Å². The highest BCUT2D eigenvalue weighted by Gasteiger charge is 2.31. The Hall–Kier alpha value is -2.45. The molecule has 0 unspecified atom stereocenters. The predicted molar refractivity (Wildman–Crippen MR) is 114 cm³/mol. The lowest BCUT2D eigenvalue weighted by Crippen LogP contribution is -2.45. The largest absolute Gasteiger partial charge is 0.444 e. The van der Waals surface area contributed by atoms with Gasteiger partial charge in [-0.2, -0.15) is 0 Å². The van der Waals surface area contributed by atoms with Gasteiger partial charge in [-0.3, -0.25) is 9.78 Å². The van der Waals surface area contributed by atoms with Gasteiger partial charge in [0.15, 0.2) is 0 Å². The monoisotopic (exact) mass is 451 g/mol. The Morgan fingerprint density at radius 1 is 1.23 bits per heavy atom. The zero-order valence-electron chi connectivity index (χ0n) is 17.0. The second-order valence-electron chi connectivity index (χ2n) is 8.03. The number of pyridine rings is 1. The summed E-state index contributed by atoms with van der Waals surface area (Å²) in [4.78, 5) is 39.1. The van der Waals surface area contributed by atoms with Crippen LogP contribution in [-0.4, -0.2) is 50.5 Å². The number of nitrogens with zero attached hydrogens (tertiary/aromatic N) is 4. The topological polar surface area (TPSA) is 97.3 Å². The Morgan fingerprint density at radius 3 is 2.70 bits per heavy atom. The van der Waals surface area contributed by atoms with Crippen molar-refractivity contribution in [3.63, 3.8) is 0 Å². The number of aromatic nitrogens is 3. The van der Waals surface area contributed by atoms with E-state index in [9.17, 15) is 9.59 Å². The molecule has 2 aromatic heterocycles. The van der Waals surface area contributed by atoms with Gasteiger partial charge in [0, 0.05) is 24.8 Å². The molecule has 8 nitrogen and oxygen atoms in total. The number of hydrogen-bond acceptors (Lipinski definition) is 6. The minimum absolute atomic E-state index is 0.221. The average molecular weight is 452 g/mol. The number of likely N-dealkylation sites (tertiary alicyclic amines) is 1. The molecule has 1 fully saturated rings. The molecule has 2 amide bonds. The lowest BCUT2D eigenvalue weighted by atomic mass is 9.97. The third-order valence-corrected chi connectivity index (χ3v) is 4.91. The average Bonchev–Trinajstić information content (AvgIpc) is 2.68. The van der Waals surface area contributed by atoms with Crippen LogP contribution in [0.25, 0.3) is 11.3 Å². The molecule has 1 aliphatic rings. The number of amides is 2. The van der Waals surface area contributed by atoms with E-state index in [0.717, 1.165) is 0 Å². The van der Waals surface area contributed by atoms with E-state index in [1.807, 2.05) is 20.8 Å². The molecule has 160 valence electrons. The standard InChI is InChI=1S/C20H23Cl2N5O3/c1-20(2,3)30-19(29)27-6-4-5-12(11-27)18(28)26-17-7-13(14(21)8-24-17)15-9-23-10-16(22)25-15/h7-10,12H,4-6,11H2,1-3H3,(H,24,26,28)/t12-/m1/s1. The van der Waals surface area contributed by atoms with E-state index in [-0.39, 0.29) is 17.0 Å². The second kappa shape index (κ2) is 9.14. The highest BCUT2D eigenvalue weighted by molar-refractivity contribution is 6.33. The molecule has 3 heterocycles. The summed E-state index contributed by atoms with van der Waals surface area (Å²) >= 11 is 12.1. The van der Waals surface area contributed by atoms with Gasteiger partial charge in [0.05, 0.1) is 29.0 Å². The first-order valence-corrected chi connectivity index (χ1v) is 10.3. The van der Waals surface area contributed by atoms with Crippen LogP contribution in [0.1, 0.15) is 33.6 Å². The molecule has 0 saturated carbocycles. The summed E-state index contributed by atoms with van der Waals surface area (Å²) in [6.45, 7) is 6.30. The SMILES string of the molecule is CC(C)(C)OC(=O)N1CCC[C@@H](C(=O)Nc2cc(-c3cncc(Cl)n3)c(Cl)cn2)C1. The fourth-order valence-corrected chi connectivity index (χ4v) is 3.43. The lowest BCUT2D eigenvalue weighted by Gasteiger charge is -2.33. The Bertz CT molecular complexity index is 948. The molecule has 30 heavy (non-hydrogen) atoms. The van der Waals surface area contributed by atoms with E-state index in [1.165, 1.54) is 18.6 Å². The number of nitrogens with one attached hydrogen (secondary N) is 1. The summed E-state index contributed by atoms with van der Waals surface area (Å²) in [5.41, 5.74) is 0.439. The van der Waals surface area contributed by atoms with Crippen LogP contribution in [0.5, 0.6) is 0 Å². The fraction of sp³-hybridized carbons (Fsp3) is 0.450. The number of ether oxygens (including phenoxy) is 1. The highest BCUT2D eigenvalue weighted by atomic mass is 35.5. The maximum absolute atomic E-state index is 12.8. The summed E-state index contributed by atoms with van der Waals surface area (Å²) < 4.78 is 5.42. The summed E-state index contributed by atoms with van der Waals surface area (Å²) in [5, 5.41) is 3.39. The molecule has 2 aromatic rings. The van der Waals surface area contributed by atoms with Gasteiger partial charge in [-0.15, -0.1) is 0 Å².